The first-order valence-electron chi connectivity index (χ1n) is 5.46. The maximum atomic E-state index is 11.7. The molecule has 0 aromatic rings. The average Bonchev–Trinajstić information content (AvgIpc) is 2.26. The Hall–Kier alpha value is -1.14. The summed E-state index contributed by atoms with van der Waals surface area (Å²) in [7, 11) is 0. The van der Waals surface area contributed by atoms with Gasteiger partial charge in [0.15, 0.2) is 0 Å². The first kappa shape index (κ1) is 12.9. The van der Waals surface area contributed by atoms with E-state index in [1.165, 1.54) is 0 Å². The van der Waals surface area contributed by atoms with Crippen LogP contribution in [-0.4, -0.2) is 48.7 Å². The van der Waals surface area contributed by atoms with Crippen molar-refractivity contribution >= 4 is 11.8 Å². The molecule has 2 amide bonds. The molecule has 0 aliphatic carbocycles. The molecule has 4 N–H and O–H groups in total. The van der Waals surface area contributed by atoms with Crippen molar-refractivity contribution in [2.24, 2.45) is 5.92 Å². The summed E-state index contributed by atoms with van der Waals surface area (Å²) in [6.45, 7) is 4.22. The fraction of sp³-hybridized carbons (Fsp3) is 0.800. The molecule has 1 saturated heterocycles. The van der Waals surface area contributed by atoms with E-state index >= 15 is 0 Å². The normalized spacial score (nSPS) is 22.8. The van der Waals surface area contributed by atoms with Crippen molar-refractivity contribution in [3.63, 3.8) is 0 Å². The highest BCUT2D eigenvalue weighted by atomic mass is 16.3. The minimum atomic E-state index is -0.412. The molecule has 1 heterocycles. The monoisotopic (exact) mass is 229 g/mol. The summed E-state index contributed by atoms with van der Waals surface area (Å²) in [4.78, 5) is 22.6. The van der Waals surface area contributed by atoms with E-state index in [1.807, 2.05) is 13.8 Å². The standard InChI is InChI=1S/C10H19N3O3/c1-6(2)8(5-14)13-10(16)7-3-12-9(15)4-11-7/h6-8,11,14H,3-5H2,1-2H3,(H,12,15)(H,13,16). The molecule has 0 aromatic carbocycles. The molecule has 1 aliphatic rings. The Morgan fingerprint density at radius 2 is 2.31 bits per heavy atom. The van der Waals surface area contributed by atoms with Gasteiger partial charge >= 0.3 is 0 Å². The predicted molar refractivity (Wildman–Crippen MR) is 58.7 cm³/mol. The molecule has 0 aromatic heterocycles. The fourth-order valence-electron chi connectivity index (χ4n) is 1.46. The van der Waals surface area contributed by atoms with E-state index in [0.717, 1.165) is 0 Å². The van der Waals surface area contributed by atoms with E-state index in [0.29, 0.717) is 6.54 Å². The van der Waals surface area contributed by atoms with Crippen LogP contribution in [0.1, 0.15) is 13.8 Å². The van der Waals surface area contributed by atoms with Crippen molar-refractivity contribution in [3.05, 3.63) is 0 Å². The van der Waals surface area contributed by atoms with Gasteiger partial charge in [-0.1, -0.05) is 13.8 Å². The second-order valence-electron chi connectivity index (χ2n) is 4.28. The van der Waals surface area contributed by atoms with Crippen molar-refractivity contribution in [2.75, 3.05) is 19.7 Å². The summed E-state index contributed by atoms with van der Waals surface area (Å²) in [5.41, 5.74) is 0. The molecular weight excluding hydrogens is 210 g/mol. The molecule has 2 unspecified atom stereocenters. The lowest BCUT2D eigenvalue weighted by molar-refractivity contribution is -0.127. The molecule has 92 valence electrons. The summed E-state index contributed by atoms with van der Waals surface area (Å²) in [5, 5.41) is 17.3. The van der Waals surface area contributed by atoms with Gasteiger partial charge in [0.25, 0.3) is 0 Å². The van der Waals surface area contributed by atoms with Crippen LogP contribution in [0.2, 0.25) is 0 Å². The molecule has 0 radical (unpaired) electrons. The van der Waals surface area contributed by atoms with Crippen LogP contribution >= 0.6 is 0 Å². The number of nitrogens with one attached hydrogen (secondary N) is 3. The number of carbonyl (C=O) groups is 2. The highest BCUT2D eigenvalue weighted by Crippen LogP contribution is 2.01. The molecule has 6 heteroatoms. The van der Waals surface area contributed by atoms with Crippen LogP contribution in [0, 0.1) is 5.92 Å². The fourth-order valence-corrected chi connectivity index (χ4v) is 1.46. The third kappa shape index (κ3) is 3.46. The molecule has 6 nitrogen and oxygen atoms in total. The highest BCUT2D eigenvalue weighted by Gasteiger charge is 2.26. The predicted octanol–water partition coefficient (Wildman–Crippen LogP) is -1.79. The Bertz CT molecular complexity index is 258. The van der Waals surface area contributed by atoms with Crippen LogP contribution in [-0.2, 0) is 9.59 Å². The number of carbonyl (C=O) groups excluding carboxylic acids is 2. The van der Waals surface area contributed by atoms with E-state index in [9.17, 15) is 9.59 Å². The molecule has 1 aliphatic heterocycles. The zero-order valence-electron chi connectivity index (χ0n) is 9.62. The lowest BCUT2D eigenvalue weighted by atomic mass is 10.0. The first-order valence-corrected chi connectivity index (χ1v) is 5.46. The molecule has 0 bridgehead atoms. The molecule has 2 atom stereocenters. The van der Waals surface area contributed by atoms with Gasteiger partial charge in [-0.05, 0) is 5.92 Å². The molecule has 16 heavy (non-hydrogen) atoms. The Morgan fingerprint density at radius 1 is 1.62 bits per heavy atom. The van der Waals surface area contributed by atoms with E-state index < -0.39 is 6.04 Å². The van der Waals surface area contributed by atoms with Crippen molar-refractivity contribution in [2.45, 2.75) is 25.9 Å². The Morgan fingerprint density at radius 3 is 2.75 bits per heavy atom. The van der Waals surface area contributed by atoms with Crippen molar-refractivity contribution < 1.29 is 14.7 Å². The summed E-state index contributed by atoms with van der Waals surface area (Å²) >= 11 is 0. The van der Waals surface area contributed by atoms with Crippen molar-refractivity contribution in [1.82, 2.24) is 16.0 Å². The van der Waals surface area contributed by atoms with E-state index in [-0.39, 0.29) is 36.9 Å². The van der Waals surface area contributed by atoms with Gasteiger partial charge in [0.2, 0.25) is 11.8 Å². The van der Waals surface area contributed by atoms with Crippen LogP contribution < -0.4 is 16.0 Å². The van der Waals surface area contributed by atoms with E-state index in [2.05, 4.69) is 16.0 Å². The number of hydrogen-bond donors (Lipinski definition) is 4. The average molecular weight is 229 g/mol. The second-order valence-corrected chi connectivity index (χ2v) is 4.28. The van der Waals surface area contributed by atoms with Crippen LogP contribution in [0.25, 0.3) is 0 Å². The Balaban J connectivity index is 2.42. The highest BCUT2D eigenvalue weighted by molar-refractivity contribution is 5.86. The quantitative estimate of drug-likeness (QED) is 0.458. The number of piperazine rings is 1. The van der Waals surface area contributed by atoms with Gasteiger partial charge in [0.1, 0.15) is 6.04 Å². The summed E-state index contributed by atoms with van der Waals surface area (Å²) in [5.74, 6) is -0.119. The first-order chi connectivity index (χ1) is 7.54. The third-order valence-corrected chi connectivity index (χ3v) is 2.66. The summed E-state index contributed by atoms with van der Waals surface area (Å²) in [6.07, 6.45) is 0. The zero-order chi connectivity index (χ0) is 12.1. The molecule has 0 spiro atoms. The second kappa shape index (κ2) is 5.81. The lowest BCUT2D eigenvalue weighted by Gasteiger charge is -2.26. The Labute approximate surface area is 94.8 Å². The van der Waals surface area contributed by atoms with Crippen molar-refractivity contribution in [3.8, 4) is 0 Å². The van der Waals surface area contributed by atoms with Gasteiger partial charge in [-0.25, -0.2) is 0 Å². The zero-order valence-corrected chi connectivity index (χ0v) is 9.62. The minimum Gasteiger partial charge on any atom is -0.394 e. The lowest BCUT2D eigenvalue weighted by Crippen LogP contribution is -2.59. The van der Waals surface area contributed by atoms with Crippen LogP contribution in [0.4, 0.5) is 0 Å². The van der Waals surface area contributed by atoms with Gasteiger partial charge in [0.05, 0.1) is 19.2 Å². The maximum absolute atomic E-state index is 11.7. The number of amides is 2. The Kier molecular flexibility index (Phi) is 4.70. The van der Waals surface area contributed by atoms with Gasteiger partial charge in [-0.15, -0.1) is 0 Å². The summed E-state index contributed by atoms with van der Waals surface area (Å²) in [6, 6.07) is -0.655. The van der Waals surface area contributed by atoms with Crippen LogP contribution in [0.15, 0.2) is 0 Å². The van der Waals surface area contributed by atoms with E-state index in [4.69, 9.17) is 5.11 Å². The summed E-state index contributed by atoms with van der Waals surface area (Å²) < 4.78 is 0. The minimum absolute atomic E-state index is 0.0809. The number of aliphatic hydroxyl groups excluding tert-OH is 1. The van der Waals surface area contributed by atoms with Gasteiger partial charge in [0, 0.05) is 6.54 Å². The van der Waals surface area contributed by atoms with Gasteiger partial charge in [-0.2, -0.15) is 0 Å². The van der Waals surface area contributed by atoms with Gasteiger partial charge < -0.3 is 15.7 Å². The van der Waals surface area contributed by atoms with Crippen molar-refractivity contribution in [1.29, 1.82) is 0 Å². The largest absolute Gasteiger partial charge is 0.394 e. The number of aliphatic hydroxyl groups is 1. The maximum Gasteiger partial charge on any atom is 0.239 e. The third-order valence-electron chi connectivity index (χ3n) is 2.66. The van der Waals surface area contributed by atoms with Crippen LogP contribution in [0.5, 0.6) is 0 Å². The molecule has 1 rings (SSSR count). The molecule has 1 fully saturated rings. The van der Waals surface area contributed by atoms with Crippen LogP contribution in [0.3, 0.4) is 0 Å². The molecule has 0 saturated carbocycles. The molecular formula is C10H19N3O3. The number of rotatable bonds is 4. The smallest absolute Gasteiger partial charge is 0.239 e. The van der Waals surface area contributed by atoms with Gasteiger partial charge in [-0.3, -0.25) is 14.9 Å². The van der Waals surface area contributed by atoms with E-state index in [1.54, 1.807) is 0 Å². The number of hydrogen-bond acceptors (Lipinski definition) is 4. The SMILES string of the molecule is CC(C)C(CO)NC(=O)C1CNC(=O)CN1. The topological polar surface area (TPSA) is 90.5 Å².